The number of thioether (sulfide) groups is 1. The van der Waals surface area contributed by atoms with Crippen molar-refractivity contribution in [2.24, 2.45) is 0 Å². The topological polar surface area (TPSA) is 55.1 Å². The number of nitrogens with one attached hydrogen (secondary N) is 1. The van der Waals surface area contributed by atoms with Gasteiger partial charge in [-0.15, -0.1) is 10.2 Å². The normalized spacial score (nSPS) is 17.5. The standard InChI is InChI=1S/C16H15Cl2N5S/c17-11-4-1-3-10(13(11)18)9-20-14-16-22-21-15(12-5-2-8-24-12)23(16)7-6-19-14/h1,3-4,6-7,12H,2,5,8-9H2,(H,19,20)/t12-/m0/s1. The summed E-state index contributed by atoms with van der Waals surface area (Å²) in [5.74, 6) is 2.87. The largest absolute Gasteiger partial charge is 0.363 e. The van der Waals surface area contributed by atoms with Crippen LogP contribution in [0.3, 0.4) is 0 Å². The Balaban J connectivity index is 1.61. The van der Waals surface area contributed by atoms with Crippen molar-refractivity contribution in [3.05, 3.63) is 52.0 Å². The lowest BCUT2D eigenvalue weighted by molar-refractivity contribution is 0.765. The van der Waals surface area contributed by atoms with Crippen LogP contribution >= 0.6 is 35.0 Å². The summed E-state index contributed by atoms with van der Waals surface area (Å²) in [5.41, 5.74) is 1.65. The van der Waals surface area contributed by atoms with Crippen LogP contribution in [0, 0.1) is 0 Å². The zero-order valence-corrected chi connectivity index (χ0v) is 15.1. The second-order valence-corrected chi connectivity index (χ2v) is 7.69. The fourth-order valence-electron chi connectivity index (χ4n) is 2.83. The van der Waals surface area contributed by atoms with Crippen molar-refractivity contribution in [1.29, 1.82) is 0 Å². The maximum atomic E-state index is 6.24. The summed E-state index contributed by atoms with van der Waals surface area (Å²) in [6, 6.07) is 5.59. The molecule has 0 saturated carbocycles. The van der Waals surface area contributed by atoms with E-state index in [1.54, 1.807) is 12.3 Å². The second-order valence-electron chi connectivity index (χ2n) is 5.60. The van der Waals surface area contributed by atoms with Crippen molar-refractivity contribution in [2.75, 3.05) is 11.1 Å². The van der Waals surface area contributed by atoms with Crippen LogP contribution < -0.4 is 5.32 Å². The highest BCUT2D eigenvalue weighted by Gasteiger charge is 2.23. The summed E-state index contributed by atoms with van der Waals surface area (Å²) < 4.78 is 2.03. The minimum Gasteiger partial charge on any atom is -0.363 e. The molecule has 0 spiro atoms. The average Bonchev–Trinajstić information content (AvgIpc) is 3.25. The van der Waals surface area contributed by atoms with E-state index in [0.717, 1.165) is 23.5 Å². The predicted octanol–water partition coefficient (Wildman–Crippen LogP) is 4.61. The molecule has 1 N–H and O–H groups in total. The van der Waals surface area contributed by atoms with Crippen molar-refractivity contribution in [3.8, 4) is 0 Å². The van der Waals surface area contributed by atoms with E-state index in [1.165, 1.54) is 12.2 Å². The Morgan fingerprint density at radius 1 is 1.29 bits per heavy atom. The molecule has 5 nitrogen and oxygen atoms in total. The number of aromatic nitrogens is 4. The minimum absolute atomic E-state index is 0.414. The first kappa shape index (κ1) is 16.0. The Morgan fingerprint density at radius 2 is 2.21 bits per heavy atom. The van der Waals surface area contributed by atoms with Gasteiger partial charge >= 0.3 is 0 Å². The Morgan fingerprint density at radius 3 is 3.04 bits per heavy atom. The fraction of sp³-hybridized carbons (Fsp3) is 0.312. The first-order chi connectivity index (χ1) is 11.7. The third-order valence-corrected chi connectivity index (χ3v) is 6.28. The van der Waals surface area contributed by atoms with Gasteiger partial charge in [-0.05, 0) is 30.2 Å². The summed E-state index contributed by atoms with van der Waals surface area (Å²) in [6.45, 7) is 0.520. The molecule has 1 fully saturated rings. The Bertz CT molecular complexity index is 876. The molecule has 1 aliphatic rings. The highest BCUT2D eigenvalue weighted by atomic mass is 35.5. The van der Waals surface area contributed by atoms with E-state index in [9.17, 15) is 0 Å². The molecule has 124 valence electrons. The van der Waals surface area contributed by atoms with Gasteiger partial charge in [-0.1, -0.05) is 35.3 Å². The van der Waals surface area contributed by atoms with Gasteiger partial charge < -0.3 is 5.32 Å². The van der Waals surface area contributed by atoms with Crippen LogP contribution in [0.15, 0.2) is 30.6 Å². The van der Waals surface area contributed by atoms with Gasteiger partial charge in [-0.2, -0.15) is 11.8 Å². The quantitative estimate of drug-likeness (QED) is 0.716. The van der Waals surface area contributed by atoms with Crippen molar-refractivity contribution in [1.82, 2.24) is 19.6 Å². The van der Waals surface area contributed by atoms with Crippen LogP contribution in [0.5, 0.6) is 0 Å². The van der Waals surface area contributed by atoms with Crippen molar-refractivity contribution in [2.45, 2.75) is 24.6 Å². The molecular weight excluding hydrogens is 365 g/mol. The number of nitrogens with zero attached hydrogens (tertiary/aromatic N) is 4. The zero-order chi connectivity index (χ0) is 16.5. The van der Waals surface area contributed by atoms with E-state index in [1.807, 2.05) is 34.5 Å². The highest BCUT2D eigenvalue weighted by molar-refractivity contribution is 7.99. The molecule has 0 unspecified atom stereocenters. The summed E-state index contributed by atoms with van der Waals surface area (Å²) in [6.07, 6.45) is 6.06. The van der Waals surface area contributed by atoms with Crippen LogP contribution in [-0.2, 0) is 6.54 Å². The summed E-state index contributed by atoms with van der Waals surface area (Å²) in [5, 5.41) is 13.5. The first-order valence-electron chi connectivity index (χ1n) is 7.72. The molecule has 1 aliphatic heterocycles. The predicted molar refractivity (Wildman–Crippen MR) is 99.0 cm³/mol. The molecule has 24 heavy (non-hydrogen) atoms. The highest BCUT2D eigenvalue weighted by Crippen LogP contribution is 2.39. The molecule has 2 aromatic heterocycles. The average molecular weight is 380 g/mol. The van der Waals surface area contributed by atoms with Gasteiger partial charge in [0, 0.05) is 18.9 Å². The third-order valence-electron chi connectivity index (χ3n) is 4.05. The monoisotopic (exact) mass is 379 g/mol. The van der Waals surface area contributed by atoms with Gasteiger partial charge in [0.25, 0.3) is 0 Å². The van der Waals surface area contributed by atoms with Crippen molar-refractivity contribution < 1.29 is 0 Å². The maximum Gasteiger partial charge on any atom is 0.203 e. The maximum absolute atomic E-state index is 6.24. The smallest absolute Gasteiger partial charge is 0.203 e. The number of anilines is 1. The van der Waals surface area contributed by atoms with Crippen LogP contribution in [-0.4, -0.2) is 25.3 Å². The molecule has 1 saturated heterocycles. The van der Waals surface area contributed by atoms with Gasteiger partial charge in [0.1, 0.15) is 0 Å². The van der Waals surface area contributed by atoms with Crippen molar-refractivity contribution in [3.63, 3.8) is 0 Å². The Kier molecular flexibility index (Phi) is 4.52. The summed E-state index contributed by atoms with van der Waals surface area (Å²) in [4.78, 5) is 4.40. The third kappa shape index (κ3) is 2.94. The molecule has 1 aromatic carbocycles. The second kappa shape index (κ2) is 6.78. The Hall–Kier alpha value is -1.50. The molecule has 0 radical (unpaired) electrons. The van der Waals surface area contributed by atoms with Crippen LogP contribution in [0.4, 0.5) is 5.82 Å². The fourth-order valence-corrected chi connectivity index (χ4v) is 4.48. The Labute approximate surface area is 153 Å². The van der Waals surface area contributed by atoms with Gasteiger partial charge in [-0.3, -0.25) is 4.40 Å². The molecule has 3 aromatic rings. The van der Waals surface area contributed by atoms with E-state index >= 15 is 0 Å². The van der Waals surface area contributed by atoms with Crippen LogP contribution in [0.2, 0.25) is 10.0 Å². The van der Waals surface area contributed by atoms with Gasteiger partial charge in [0.2, 0.25) is 5.65 Å². The number of rotatable bonds is 4. The molecule has 8 heteroatoms. The molecule has 4 rings (SSSR count). The van der Waals surface area contributed by atoms with E-state index < -0.39 is 0 Å². The van der Waals surface area contributed by atoms with Gasteiger partial charge in [-0.25, -0.2) is 4.98 Å². The van der Waals surface area contributed by atoms with E-state index in [0.29, 0.717) is 27.7 Å². The van der Waals surface area contributed by atoms with Gasteiger partial charge in [0.05, 0.1) is 15.3 Å². The van der Waals surface area contributed by atoms with E-state index in [2.05, 4.69) is 20.5 Å². The molecule has 3 heterocycles. The summed E-state index contributed by atoms with van der Waals surface area (Å²) in [7, 11) is 0. The van der Waals surface area contributed by atoms with E-state index in [-0.39, 0.29) is 0 Å². The van der Waals surface area contributed by atoms with Gasteiger partial charge in [0.15, 0.2) is 11.6 Å². The lowest BCUT2D eigenvalue weighted by Gasteiger charge is -2.10. The number of benzene rings is 1. The molecular formula is C16H15Cl2N5S. The van der Waals surface area contributed by atoms with Crippen molar-refractivity contribution >= 4 is 46.4 Å². The number of hydrogen-bond acceptors (Lipinski definition) is 5. The number of halogens is 2. The SMILES string of the molecule is Clc1cccc(CNc2nccn3c([C@@H]4CCCS4)nnc23)c1Cl. The lowest BCUT2D eigenvalue weighted by Crippen LogP contribution is -2.05. The lowest BCUT2D eigenvalue weighted by atomic mass is 10.2. The molecule has 0 aliphatic carbocycles. The first-order valence-corrected chi connectivity index (χ1v) is 9.52. The molecule has 0 amide bonds. The zero-order valence-electron chi connectivity index (χ0n) is 12.7. The van der Waals surface area contributed by atoms with E-state index in [4.69, 9.17) is 23.2 Å². The number of fused-ring (bicyclic) bond motifs is 1. The molecule has 1 atom stereocenters. The summed E-state index contributed by atoms with van der Waals surface area (Å²) >= 11 is 14.2. The van der Waals surface area contributed by atoms with Crippen LogP contribution in [0.25, 0.3) is 5.65 Å². The molecule has 0 bridgehead atoms. The van der Waals surface area contributed by atoms with Crippen LogP contribution in [0.1, 0.15) is 29.5 Å². The number of hydrogen-bond donors (Lipinski definition) is 1. The minimum atomic E-state index is 0.414.